The number of amides is 1. The van der Waals surface area contributed by atoms with Crippen molar-refractivity contribution >= 4 is 16.9 Å². The second kappa shape index (κ2) is 6.96. The highest BCUT2D eigenvalue weighted by Gasteiger charge is 2.27. The van der Waals surface area contributed by atoms with Crippen molar-refractivity contribution in [3.8, 4) is 11.4 Å². The van der Waals surface area contributed by atoms with Crippen LogP contribution in [0, 0.1) is 0 Å². The summed E-state index contributed by atoms with van der Waals surface area (Å²) in [5.74, 6) is 2.05. The molecule has 0 aliphatic carbocycles. The van der Waals surface area contributed by atoms with Gasteiger partial charge >= 0.3 is 0 Å². The van der Waals surface area contributed by atoms with E-state index in [1.165, 1.54) is 0 Å². The molecule has 0 bridgehead atoms. The van der Waals surface area contributed by atoms with Gasteiger partial charge in [0.1, 0.15) is 11.6 Å². The fraction of sp³-hybridized carbons (Fsp3) is 0.227. The van der Waals surface area contributed by atoms with E-state index in [0.29, 0.717) is 12.1 Å². The van der Waals surface area contributed by atoms with Gasteiger partial charge in [0.05, 0.1) is 11.0 Å². The number of hydrogen-bond donors (Lipinski definition) is 2. The van der Waals surface area contributed by atoms with Crippen LogP contribution in [-0.4, -0.2) is 43.8 Å². The number of hydrogen-bond acceptors (Lipinski definition) is 3. The van der Waals surface area contributed by atoms with Crippen LogP contribution in [0.2, 0.25) is 0 Å². The summed E-state index contributed by atoms with van der Waals surface area (Å²) in [7, 11) is 0. The van der Waals surface area contributed by atoms with Crippen LogP contribution in [0.5, 0.6) is 0 Å². The van der Waals surface area contributed by atoms with Gasteiger partial charge in [0.25, 0.3) is 5.91 Å². The number of aromatic amines is 2. The Kier molecular flexibility index (Phi) is 4.16. The first-order chi connectivity index (χ1) is 13.8. The Morgan fingerprint density at radius 3 is 2.93 bits per heavy atom. The Hall–Kier alpha value is -3.41. The third-order valence-electron chi connectivity index (χ3n) is 5.38. The first-order valence-electron chi connectivity index (χ1n) is 9.62. The van der Waals surface area contributed by atoms with E-state index in [1.807, 2.05) is 53.4 Å². The van der Waals surface area contributed by atoms with Gasteiger partial charge < -0.3 is 14.9 Å². The molecular formula is C22H21N5O. The fourth-order valence-electron chi connectivity index (χ4n) is 3.96. The molecular weight excluding hydrogens is 350 g/mol. The summed E-state index contributed by atoms with van der Waals surface area (Å²) in [5, 5.41) is 0. The zero-order valence-electron chi connectivity index (χ0n) is 15.4. The normalized spacial score (nSPS) is 17.1. The molecule has 3 heterocycles. The van der Waals surface area contributed by atoms with Crippen LogP contribution in [0.4, 0.5) is 0 Å². The summed E-state index contributed by atoms with van der Waals surface area (Å²) >= 11 is 0. The molecule has 1 saturated heterocycles. The molecule has 0 saturated carbocycles. The number of rotatable bonds is 3. The number of H-pyrrole nitrogens is 2. The average Bonchev–Trinajstić information content (AvgIpc) is 3.43. The van der Waals surface area contributed by atoms with Crippen molar-refractivity contribution in [2.45, 2.75) is 18.8 Å². The second-order valence-corrected chi connectivity index (χ2v) is 7.25. The summed E-state index contributed by atoms with van der Waals surface area (Å²) < 4.78 is 0. The SMILES string of the molecule is O=C(c1cccc(-c2ncc[nH]2)c1)N1CCCC(c2nc3ccccc3[nH]2)C1. The van der Waals surface area contributed by atoms with Crippen LogP contribution < -0.4 is 0 Å². The number of piperidine rings is 1. The topological polar surface area (TPSA) is 77.7 Å². The Balaban J connectivity index is 1.37. The van der Waals surface area contributed by atoms with E-state index in [4.69, 9.17) is 4.98 Å². The van der Waals surface area contributed by atoms with Gasteiger partial charge in [0.2, 0.25) is 0 Å². The number of benzene rings is 2. The van der Waals surface area contributed by atoms with Gasteiger partial charge in [-0.2, -0.15) is 0 Å². The van der Waals surface area contributed by atoms with Crippen molar-refractivity contribution in [2.24, 2.45) is 0 Å². The molecule has 2 aromatic carbocycles. The van der Waals surface area contributed by atoms with Gasteiger partial charge in [-0.05, 0) is 37.1 Å². The molecule has 0 radical (unpaired) electrons. The average molecular weight is 371 g/mol. The van der Waals surface area contributed by atoms with Crippen LogP contribution in [0.3, 0.4) is 0 Å². The van der Waals surface area contributed by atoms with E-state index < -0.39 is 0 Å². The van der Waals surface area contributed by atoms with Gasteiger partial charge in [0.15, 0.2) is 0 Å². The van der Waals surface area contributed by atoms with E-state index in [-0.39, 0.29) is 11.8 Å². The first kappa shape index (κ1) is 16.7. The molecule has 6 heteroatoms. The lowest BCUT2D eigenvalue weighted by Gasteiger charge is -2.32. The van der Waals surface area contributed by atoms with Crippen molar-refractivity contribution < 1.29 is 4.79 Å². The van der Waals surface area contributed by atoms with Gasteiger partial charge in [-0.1, -0.05) is 24.3 Å². The third-order valence-corrected chi connectivity index (χ3v) is 5.38. The predicted molar refractivity (Wildman–Crippen MR) is 108 cm³/mol. The minimum absolute atomic E-state index is 0.0641. The molecule has 140 valence electrons. The van der Waals surface area contributed by atoms with E-state index >= 15 is 0 Å². The molecule has 1 aliphatic heterocycles. The Bertz CT molecular complexity index is 1080. The minimum Gasteiger partial charge on any atom is -0.345 e. The quantitative estimate of drug-likeness (QED) is 0.572. The summed E-state index contributed by atoms with van der Waals surface area (Å²) in [4.78, 5) is 30.6. The van der Waals surface area contributed by atoms with Crippen LogP contribution >= 0.6 is 0 Å². The number of likely N-dealkylation sites (tertiary alicyclic amines) is 1. The van der Waals surface area contributed by atoms with Crippen LogP contribution in [0.25, 0.3) is 22.4 Å². The number of aromatic nitrogens is 4. The van der Waals surface area contributed by atoms with Gasteiger partial charge in [0, 0.05) is 42.5 Å². The molecule has 0 spiro atoms. The van der Waals surface area contributed by atoms with Crippen molar-refractivity contribution in [1.29, 1.82) is 0 Å². The number of carbonyl (C=O) groups excluding carboxylic acids is 1. The molecule has 1 atom stereocenters. The summed E-state index contributed by atoms with van der Waals surface area (Å²) in [6.07, 6.45) is 5.51. The molecule has 4 aromatic rings. The molecule has 2 aromatic heterocycles. The third kappa shape index (κ3) is 3.07. The number of nitrogens with one attached hydrogen (secondary N) is 2. The highest BCUT2D eigenvalue weighted by atomic mass is 16.2. The number of fused-ring (bicyclic) bond motifs is 1. The van der Waals surface area contributed by atoms with Crippen LogP contribution in [-0.2, 0) is 0 Å². The molecule has 5 rings (SSSR count). The van der Waals surface area contributed by atoms with Crippen molar-refractivity contribution in [1.82, 2.24) is 24.8 Å². The highest BCUT2D eigenvalue weighted by molar-refractivity contribution is 5.95. The highest BCUT2D eigenvalue weighted by Crippen LogP contribution is 2.28. The number of imidazole rings is 2. The summed E-state index contributed by atoms with van der Waals surface area (Å²) in [6.45, 7) is 1.46. The zero-order chi connectivity index (χ0) is 18.9. The van der Waals surface area contributed by atoms with E-state index in [0.717, 1.165) is 47.6 Å². The smallest absolute Gasteiger partial charge is 0.253 e. The Morgan fingerprint density at radius 1 is 1.14 bits per heavy atom. The molecule has 1 fully saturated rings. The molecule has 1 aliphatic rings. The van der Waals surface area contributed by atoms with E-state index in [1.54, 1.807) is 12.4 Å². The van der Waals surface area contributed by atoms with E-state index in [2.05, 4.69) is 15.0 Å². The van der Waals surface area contributed by atoms with Crippen molar-refractivity contribution in [3.05, 3.63) is 72.3 Å². The van der Waals surface area contributed by atoms with Gasteiger partial charge in [-0.3, -0.25) is 4.79 Å². The minimum atomic E-state index is 0.0641. The largest absolute Gasteiger partial charge is 0.345 e. The number of carbonyl (C=O) groups is 1. The number of para-hydroxylation sites is 2. The first-order valence-corrected chi connectivity index (χ1v) is 9.62. The molecule has 28 heavy (non-hydrogen) atoms. The lowest BCUT2D eigenvalue weighted by Crippen LogP contribution is -2.39. The fourth-order valence-corrected chi connectivity index (χ4v) is 3.96. The van der Waals surface area contributed by atoms with E-state index in [9.17, 15) is 4.79 Å². The summed E-state index contributed by atoms with van der Waals surface area (Å²) in [5.41, 5.74) is 3.64. The van der Waals surface area contributed by atoms with Crippen LogP contribution in [0.1, 0.15) is 34.9 Å². The second-order valence-electron chi connectivity index (χ2n) is 7.25. The maximum absolute atomic E-state index is 13.1. The van der Waals surface area contributed by atoms with Crippen molar-refractivity contribution in [2.75, 3.05) is 13.1 Å². The Labute approximate surface area is 162 Å². The maximum atomic E-state index is 13.1. The predicted octanol–water partition coefficient (Wildman–Crippen LogP) is 3.97. The van der Waals surface area contributed by atoms with Gasteiger partial charge in [-0.15, -0.1) is 0 Å². The van der Waals surface area contributed by atoms with Crippen molar-refractivity contribution in [3.63, 3.8) is 0 Å². The van der Waals surface area contributed by atoms with Crippen LogP contribution in [0.15, 0.2) is 60.9 Å². The Morgan fingerprint density at radius 2 is 2.07 bits per heavy atom. The molecule has 1 amide bonds. The lowest BCUT2D eigenvalue weighted by molar-refractivity contribution is 0.0705. The zero-order valence-corrected chi connectivity index (χ0v) is 15.4. The monoisotopic (exact) mass is 371 g/mol. The molecule has 6 nitrogen and oxygen atoms in total. The molecule has 1 unspecified atom stereocenters. The molecule has 2 N–H and O–H groups in total. The number of nitrogens with zero attached hydrogens (tertiary/aromatic N) is 3. The maximum Gasteiger partial charge on any atom is 0.253 e. The summed E-state index contributed by atoms with van der Waals surface area (Å²) in [6, 6.07) is 15.7. The lowest BCUT2D eigenvalue weighted by atomic mass is 9.96. The van der Waals surface area contributed by atoms with Gasteiger partial charge in [-0.25, -0.2) is 9.97 Å². The standard InChI is InChI=1S/C22H21N5O/c28-22(16-6-3-5-15(13-16)20-23-10-11-24-20)27-12-4-7-17(14-27)21-25-18-8-1-2-9-19(18)26-21/h1-3,5-6,8-11,13,17H,4,7,12,14H2,(H,23,24)(H,25,26).